The number of carbonyl (C=O) groups excluding carboxylic acids is 1. The number of nitrogen functional groups attached to an aromatic ring is 2. The smallest absolute Gasteiger partial charge is 0.150 e. The summed E-state index contributed by atoms with van der Waals surface area (Å²) < 4.78 is 0. The maximum Gasteiger partial charge on any atom is 0.150 e. The molecule has 37 heavy (non-hydrogen) atoms. The lowest BCUT2D eigenvalue weighted by Crippen LogP contribution is -2.01. The van der Waals surface area contributed by atoms with E-state index in [4.69, 9.17) is 21.4 Å². The first-order chi connectivity index (χ1) is 17.9. The summed E-state index contributed by atoms with van der Waals surface area (Å²) in [5, 5.41) is 0. The number of nitrogens with two attached hydrogens (primary N) is 2. The summed E-state index contributed by atoms with van der Waals surface area (Å²) in [6.45, 7) is 6.03. The quantitative estimate of drug-likeness (QED) is 0.198. The molecule has 0 radical (unpaired) electrons. The molecule has 0 bridgehead atoms. The van der Waals surface area contributed by atoms with E-state index in [1.807, 2.05) is 91.9 Å². The molecule has 4 N–H and O–H groups in total. The fourth-order valence-corrected chi connectivity index (χ4v) is 4.15. The standard InChI is InChI=1S/C32H26N4O/c1-20(2)22-7-9-24(10-8-22)30-32(26-13-17-28(34)18-14-26)35-29(23-5-3-21(19-37)4-6-23)31(36-30)25-11-15-27(33)16-12-25/h3-19H,1,33-34H2,2H3. The van der Waals surface area contributed by atoms with Gasteiger partial charge in [0, 0.05) is 39.2 Å². The maximum atomic E-state index is 11.3. The summed E-state index contributed by atoms with van der Waals surface area (Å²) in [7, 11) is 0. The van der Waals surface area contributed by atoms with E-state index in [0.29, 0.717) is 22.6 Å². The molecule has 0 aliphatic rings. The Labute approximate surface area is 216 Å². The minimum atomic E-state index is 0.596. The molecule has 0 aliphatic carbocycles. The van der Waals surface area contributed by atoms with Crippen LogP contribution in [0.25, 0.3) is 50.6 Å². The van der Waals surface area contributed by atoms with Crippen molar-refractivity contribution in [2.45, 2.75) is 6.92 Å². The van der Waals surface area contributed by atoms with Gasteiger partial charge in [-0.25, -0.2) is 9.97 Å². The van der Waals surface area contributed by atoms with Crippen molar-refractivity contribution in [3.63, 3.8) is 0 Å². The van der Waals surface area contributed by atoms with E-state index >= 15 is 0 Å². The first-order valence-corrected chi connectivity index (χ1v) is 11.9. The molecular weight excluding hydrogens is 456 g/mol. The number of benzene rings is 4. The van der Waals surface area contributed by atoms with Crippen LogP contribution in [0.5, 0.6) is 0 Å². The van der Waals surface area contributed by atoms with Crippen molar-refractivity contribution < 1.29 is 4.79 Å². The van der Waals surface area contributed by atoms with Gasteiger partial charge in [0.25, 0.3) is 0 Å². The molecular formula is C32H26N4O. The third-order valence-electron chi connectivity index (χ3n) is 6.24. The normalized spacial score (nSPS) is 10.7. The summed E-state index contributed by atoms with van der Waals surface area (Å²) in [5.41, 5.74) is 22.4. The van der Waals surface area contributed by atoms with Crippen molar-refractivity contribution in [2.75, 3.05) is 11.5 Å². The molecule has 1 aromatic heterocycles. The number of aromatic nitrogens is 2. The number of hydrogen-bond acceptors (Lipinski definition) is 5. The summed E-state index contributed by atoms with van der Waals surface area (Å²) in [6.07, 6.45) is 0.827. The number of rotatable bonds is 6. The minimum Gasteiger partial charge on any atom is -0.399 e. The molecule has 5 heteroatoms. The van der Waals surface area contributed by atoms with E-state index in [2.05, 4.69) is 6.58 Å². The molecule has 5 nitrogen and oxygen atoms in total. The highest BCUT2D eigenvalue weighted by Crippen LogP contribution is 2.37. The van der Waals surface area contributed by atoms with Crippen LogP contribution >= 0.6 is 0 Å². The average molecular weight is 483 g/mol. The molecule has 5 aromatic rings. The second-order valence-corrected chi connectivity index (χ2v) is 8.96. The molecule has 0 fully saturated rings. The number of nitrogens with zero attached hydrogens (tertiary/aromatic N) is 2. The fraction of sp³-hybridized carbons (Fsp3) is 0.0312. The molecule has 0 atom stereocenters. The first-order valence-electron chi connectivity index (χ1n) is 11.9. The molecule has 5 rings (SSSR count). The van der Waals surface area contributed by atoms with Gasteiger partial charge in [-0.05, 0) is 36.8 Å². The first kappa shape index (κ1) is 23.7. The zero-order valence-electron chi connectivity index (χ0n) is 20.5. The van der Waals surface area contributed by atoms with Crippen LogP contribution in [0.4, 0.5) is 11.4 Å². The monoisotopic (exact) mass is 482 g/mol. The van der Waals surface area contributed by atoms with Crippen molar-refractivity contribution in [1.82, 2.24) is 9.97 Å². The van der Waals surface area contributed by atoms with Crippen molar-refractivity contribution >= 4 is 23.2 Å². The van der Waals surface area contributed by atoms with Crippen molar-refractivity contribution in [3.05, 3.63) is 115 Å². The third-order valence-corrected chi connectivity index (χ3v) is 6.24. The zero-order valence-corrected chi connectivity index (χ0v) is 20.5. The third kappa shape index (κ3) is 4.88. The van der Waals surface area contributed by atoms with Crippen LogP contribution in [-0.2, 0) is 0 Å². The SMILES string of the molecule is C=C(C)c1ccc(-c2nc(-c3ccc(N)cc3)c(-c3ccc(C=O)cc3)nc2-c2ccc(N)cc2)cc1. The van der Waals surface area contributed by atoms with Gasteiger partial charge in [-0.1, -0.05) is 84.9 Å². The number of allylic oxidation sites excluding steroid dienone is 1. The molecule has 0 spiro atoms. The Morgan fingerprint density at radius 1 is 0.595 bits per heavy atom. The predicted octanol–water partition coefficient (Wildman–Crippen LogP) is 7.15. The number of anilines is 2. The molecule has 0 unspecified atom stereocenters. The van der Waals surface area contributed by atoms with E-state index in [0.717, 1.165) is 56.8 Å². The number of aldehydes is 1. The Morgan fingerprint density at radius 2 is 0.919 bits per heavy atom. The second kappa shape index (κ2) is 9.91. The predicted molar refractivity (Wildman–Crippen MR) is 153 cm³/mol. The van der Waals surface area contributed by atoms with Gasteiger partial charge < -0.3 is 11.5 Å². The largest absolute Gasteiger partial charge is 0.399 e. The molecule has 0 amide bonds. The number of hydrogen-bond donors (Lipinski definition) is 2. The van der Waals surface area contributed by atoms with Crippen LogP contribution in [0, 0.1) is 0 Å². The van der Waals surface area contributed by atoms with E-state index in [9.17, 15) is 4.79 Å². The lowest BCUT2D eigenvalue weighted by Gasteiger charge is -2.16. The van der Waals surface area contributed by atoms with Crippen molar-refractivity contribution in [3.8, 4) is 45.0 Å². The van der Waals surface area contributed by atoms with Gasteiger partial charge in [0.1, 0.15) is 6.29 Å². The summed E-state index contributed by atoms with van der Waals surface area (Å²) in [4.78, 5) is 21.7. The highest BCUT2D eigenvalue weighted by molar-refractivity contribution is 5.87. The average Bonchev–Trinajstić information content (AvgIpc) is 2.93. The molecule has 0 saturated carbocycles. The van der Waals surface area contributed by atoms with Crippen LogP contribution in [0.15, 0.2) is 104 Å². The lowest BCUT2D eigenvalue weighted by molar-refractivity contribution is 0.112. The van der Waals surface area contributed by atoms with E-state index in [-0.39, 0.29) is 0 Å². The van der Waals surface area contributed by atoms with Crippen molar-refractivity contribution in [1.29, 1.82) is 0 Å². The topological polar surface area (TPSA) is 94.9 Å². The van der Waals surface area contributed by atoms with Gasteiger partial charge in [0.05, 0.1) is 22.8 Å². The maximum absolute atomic E-state index is 11.3. The lowest BCUT2D eigenvalue weighted by atomic mass is 9.98. The summed E-state index contributed by atoms with van der Waals surface area (Å²) >= 11 is 0. The molecule has 4 aromatic carbocycles. The Kier molecular flexibility index (Phi) is 6.35. The van der Waals surface area contributed by atoms with Crippen LogP contribution in [0.2, 0.25) is 0 Å². The van der Waals surface area contributed by atoms with Gasteiger partial charge in [-0.3, -0.25) is 4.79 Å². The van der Waals surface area contributed by atoms with Gasteiger partial charge >= 0.3 is 0 Å². The van der Waals surface area contributed by atoms with Crippen LogP contribution in [0.1, 0.15) is 22.8 Å². The molecule has 1 heterocycles. The van der Waals surface area contributed by atoms with Crippen molar-refractivity contribution in [2.24, 2.45) is 0 Å². The molecule has 0 aliphatic heterocycles. The fourth-order valence-electron chi connectivity index (χ4n) is 4.15. The zero-order chi connectivity index (χ0) is 25.9. The summed E-state index contributed by atoms with van der Waals surface area (Å²) in [5.74, 6) is 0. The van der Waals surface area contributed by atoms with E-state index in [1.54, 1.807) is 12.1 Å². The Morgan fingerprint density at radius 3 is 1.24 bits per heavy atom. The van der Waals surface area contributed by atoms with Crippen LogP contribution in [0.3, 0.4) is 0 Å². The summed E-state index contributed by atoms with van der Waals surface area (Å²) in [6, 6.07) is 30.7. The second-order valence-electron chi connectivity index (χ2n) is 8.96. The Balaban J connectivity index is 1.81. The Bertz CT molecular complexity index is 1590. The Hall–Kier alpha value is -5.03. The van der Waals surface area contributed by atoms with Gasteiger partial charge in [0.2, 0.25) is 0 Å². The van der Waals surface area contributed by atoms with Crippen LogP contribution in [-0.4, -0.2) is 16.3 Å². The van der Waals surface area contributed by atoms with Crippen LogP contribution < -0.4 is 11.5 Å². The minimum absolute atomic E-state index is 0.596. The number of carbonyl (C=O) groups is 1. The van der Waals surface area contributed by atoms with Gasteiger partial charge in [0.15, 0.2) is 0 Å². The molecule has 0 saturated heterocycles. The van der Waals surface area contributed by atoms with E-state index < -0.39 is 0 Å². The molecule has 180 valence electrons. The van der Waals surface area contributed by atoms with E-state index in [1.165, 1.54) is 0 Å². The highest BCUT2D eigenvalue weighted by Gasteiger charge is 2.19. The van der Waals surface area contributed by atoms with Gasteiger partial charge in [-0.15, -0.1) is 0 Å². The highest BCUT2D eigenvalue weighted by atomic mass is 16.1. The van der Waals surface area contributed by atoms with Gasteiger partial charge in [-0.2, -0.15) is 0 Å².